The predicted molar refractivity (Wildman–Crippen MR) is 101 cm³/mol. The molecule has 0 fully saturated rings. The van der Waals surface area contributed by atoms with Gasteiger partial charge in [-0.25, -0.2) is 4.31 Å². The molecule has 1 amide bonds. The van der Waals surface area contributed by atoms with Gasteiger partial charge in [-0.05, 0) is 43.2 Å². The molecule has 6 nitrogen and oxygen atoms in total. The van der Waals surface area contributed by atoms with E-state index in [2.05, 4.69) is 5.32 Å². The van der Waals surface area contributed by atoms with E-state index in [1.54, 1.807) is 36.4 Å². The van der Waals surface area contributed by atoms with Gasteiger partial charge in [0.05, 0.1) is 5.69 Å². The van der Waals surface area contributed by atoms with Crippen molar-refractivity contribution >= 4 is 27.5 Å². The van der Waals surface area contributed by atoms with E-state index in [1.165, 1.54) is 14.1 Å². The van der Waals surface area contributed by atoms with Gasteiger partial charge in [-0.3, -0.25) is 4.79 Å². The summed E-state index contributed by atoms with van der Waals surface area (Å²) in [6, 6.07) is 14.2. The Bertz CT molecular complexity index is 849. The van der Waals surface area contributed by atoms with Crippen LogP contribution in [0, 0.1) is 13.8 Å². The van der Waals surface area contributed by atoms with E-state index in [0.29, 0.717) is 11.4 Å². The Kier molecular flexibility index (Phi) is 5.81. The predicted octanol–water partition coefficient (Wildman–Crippen LogP) is 2.55. The van der Waals surface area contributed by atoms with Gasteiger partial charge in [-0.2, -0.15) is 12.7 Å². The molecule has 25 heavy (non-hydrogen) atoms. The van der Waals surface area contributed by atoms with Gasteiger partial charge in [0.25, 0.3) is 0 Å². The molecule has 0 saturated heterocycles. The molecule has 0 aliphatic heterocycles. The molecule has 0 atom stereocenters. The van der Waals surface area contributed by atoms with Gasteiger partial charge in [-0.1, -0.05) is 30.3 Å². The minimum absolute atomic E-state index is 0.308. The number of rotatable bonds is 6. The number of hydrogen-bond acceptors (Lipinski definition) is 3. The number of carbonyl (C=O) groups excluding carboxylic acids is 1. The van der Waals surface area contributed by atoms with Crippen molar-refractivity contribution in [2.45, 2.75) is 13.8 Å². The lowest BCUT2D eigenvalue weighted by Gasteiger charge is -2.27. The zero-order valence-corrected chi connectivity index (χ0v) is 15.7. The number of nitrogens with zero attached hydrogens (tertiary/aromatic N) is 2. The Morgan fingerprint density at radius 1 is 1.00 bits per heavy atom. The van der Waals surface area contributed by atoms with Crippen LogP contribution in [0.5, 0.6) is 0 Å². The topological polar surface area (TPSA) is 69.7 Å². The molecular formula is C18H23N3O3S. The molecule has 0 spiro atoms. The summed E-state index contributed by atoms with van der Waals surface area (Å²) >= 11 is 0. The van der Waals surface area contributed by atoms with E-state index in [4.69, 9.17) is 0 Å². The minimum Gasteiger partial charge on any atom is -0.324 e. The highest BCUT2D eigenvalue weighted by Crippen LogP contribution is 2.21. The summed E-state index contributed by atoms with van der Waals surface area (Å²) in [6.45, 7) is 3.56. The lowest BCUT2D eigenvalue weighted by atomic mass is 10.1. The van der Waals surface area contributed by atoms with Gasteiger partial charge in [0, 0.05) is 19.8 Å². The molecule has 0 aromatic heterocycles. The fraction of sp³-hybridized carbons (Fsp3) is 0.278. The zero-order chi connectivity index (χ0) is 18.6. The Morgan fingerprint density at radius 3 is 2.24 bits per heavy atom. The van der Waals surface area contributed by atoms with E-state index >= 15 is 0 Å². The molecule has 0 radical (unpaired) electrons. The SMILES string of the molecule is Cc1cccc(NC(=O)CN(c2ccccc2)S(=O)(=O)N(C)C)c1C. The molecule has 0 aliphatic rings. The summed E-state index contributed by atoms with van der Waals surface area (Å²) in [4.78, 5) is 12.5. The zero-order valence-electron chi connectivity index (χ0n) is 14.9. The Hall–Kier alpha value is -2.38. The largest absolute Gasteiger partial charge is 0.324 e. The summed E-state index contributed by atoms with van der Waals surface area (Å²) < 4.78 is 27.4. The first-order chi connectivity index (χ1) is 11.7. The van der Waals surface area contributed by atoms with Crippen molar-refractivity contribution in [1.29, 1.82) is 0 Å². The highest BCUT2D eigenvalue weighted by Gasteiger charge is 2.27. The van der Waals surface area contributed by atoms with Gasteiger partial charge in [0.15, 0.2) is 0 Å². The van der Waals surface area contributed by atoms with E-state index < -0.39 is 16.1 Å². The fourth-order valence-electron chi connectivity index (χ4n) is 2.30. The van der Waals surface area contributed by atoms with Gasteiger partial charge >= 0.3 is 10.2 Å². The van der Waals surface area contributed by atoms with Crippen LogP contribution in [-0.2, 0) is 15.0 Å². The second kappa shape index (κ2) is 7.67. The lowest BCUT2D eigenvalue weighted by molar-refractivity contribution is -0.114. The van der Waals surface area contributed by atoms with Crippen molar-refractivity contribution in [3.63, 3.8) is 0 Å². The first-order valence-electron chi connectivity index (χ1n) is 7.85. The molecule has 134 valence electrons. The normalized spacial score (nSPS) is 11.4. The number of carbonyl (C=O) groups is 1. The van der Waals surface area contributed by atoms with Crippen molar-refractivity contribution in [2.24, 2.45) is 0 Å². The third-order valence-corrected chi connectivity index (χ3v) is 5.77. The summed E-state index contributed by atoms with van der Waals surface area (Å²) in [5.74, 6) is -0.400. The van der Waals surface area contributed by atoms with Gasteiger partial charge in [0.2, 0.25) is 5.91 Å². The van der Waals surface area contributed by atoms with Crippen LogP contribution in [0.4, 0.5) is 11.4 Å². The third kappa shape index (κ3) is 4.37. The maximum atomic E-state index is 12.6. The molecule has 0 bridgehead atoms. The van der Waals surface area contributed by atoms with E-state index in [1.807, 2.05) is 26.0 Å². The first kappa shape index (κ1) is 19.0. The van der Waals surface area contributed by atoms with Crippen LogP contribution in [0.1, 0.15) is 11.1 Å². The molecule has 0 aliphatic carbocycles. The summed E-state index contributed by atoms with van der Waals surface area (Å²) in [7, 11) is -0.915. The van der Waals surface area contributed by atoms with Crippen LogP contribution in [0.25, 0.3) is 0 Å². The average Bonchev–Trinajstić information content (AvgIpc) is 2.57. The molecular weight excluding hydrogens is 338 g/mol. The smallest absolute Gasteiger partial charge is 0.304 e. The molecule has 1 N–H and O–H groups in total. The molecule has 0 heterocycles. The molecule has 2 rings (SSSR count). The Balaban J connectivity index is 2.28. The first-order valence-corrected chi connectivity index (χ1v) is 9.24. The highest BCUT2D eigenvalue weighted by molar-refractivity contribution is 7.90. The number of amides is 1. The highest BCUT2D eigenvalue weighted by atomic mass is 32.2. The summed E-state index contributed by atoms with van der Waals surface area (Å²) in [5.41, 5.74) is 3.13. The average molecular weight is 361 g/mol. The van der Waals surface area contributed by atoms with Crippen molar-refractivity contribution in [3.05, 3.63) is 59.7 Å². The molecule has 2 aromatic carbocycles. The number of aryl methyl sites for hydroxylation is 1. The van der Waals surface area contributed by atoms with E-state index in [-0.39, 0.29) is 6.54 Å². The monoisotopic (exact) mass is 361 g/mol. The second-order valence-electron chi connectivity index (χ2n) is 5.93. The quantitative estimate of drug-likeness (QED) is 0.860. The van der Waals surface area contributed by atoms with Crippen molar-refractivity contribution in [1.82, 2.24) is 4.31 Å². The number of benzene rings is 2. The summed E-state index contributed by atoms with van der Waals surface area (Å²) in [6.07, 6.45) is 0. The van der Waals surface area contributed by atoms with Crippen LogP contribution < -0.4 is 9.62 Å². The molecule has 0 saturated carbocycles. The second-order valence-corrected chi connectivity index (χ2v) is 7.99. The maximum absolute atomic E-state index is 12.6. The van der Waals surface area contributed by atoms with Crippen LogP contribution in [-0.4, -0.2) is 39.3 Å². The number of nitrogens with one attached hydrogen (secondary N) is 1. The van der Waals surface area contributed by atoms with Crippen molar-refractivity contribution in [3.8, 4) is 0 Å². The minimum atomic E-state index is -3.79. The standard InChI is InChI=1S/C18H23N3O3S/c1-14-9-8-12-17(15(14)2)19-18(22)13-21(25(23,24)20(3)4)16-10-6-5-7-11-16/h5-12H,13H2,1-4H3,(H,19,22). The lowest BCUT2D eigenvalue weighted by Crippen LogP contribution is -2.44. The Morgan fingerprint density at radius 2 is 1.64 bits per heavy atom. The maximum Gasteiger partial charge on any atom is 0.304 e. The number of anilines is 2. The molecule has 7 heteroatoms. The Labute approximate surface area is 149 Å². The summed E-state index contributed by atoms with van der Waals surface area (Å²) in [5, 5.41) is 2.80. The van der Waals surface area contributed by atoms with Crippen LogP contribution in [0.15, 0.2) is 48.5 Å². The van der Waals surface area contributed by atoms with Gasteiger partial charge in [-0.15, -0.1) is 0 Å². The molecule has 2 aromatic rings. The van der Waals surface area contributed by atoms with E-state index in [9.17, 15) is 13.2 Å². The van der Waals surface area contributed by atoms with Crippen LogP contribution >= 0.6 is 0 Å². The number of hydrogen-bond donors (Lipinski definition) is 1. The number of para-hydroxylation sites is 1. The van der Waals surface area contributed by atoms with Crippen LogP contribution in [0.2, 0.25) is 0 Å². The van der Waals surface area contributed by atoms with Crippen molar-refractivity contribution < 1.29 is 13.2 Å². The third-order valence-electron chi connectivity index (χ3n) is 3.95. The van der Waals surface area contributed by atoms with Crippen LogP contribution in [0.3, 0.4) is 0 Å². The van der Waals surface area contributed by atoms with Crippen molar-refractivity contribution in [2.75, 3.05) is 30.3 Å². The fourth-order valence-corrected chi connectivity index (χ4v) is 3.37. The van der Waals surface area contributed by atoms with Gasteiger partial charge in [0.1, 0.15) is 6.54 Å². The van der Waals surface area contributed by atoms with Gasteiger partial charge < -0.3 is 5.32 Å². The van der Waals surface area contributed by atoms with E-state index in [0.717, 1.165) is 19.7 Å². The molecule has 0 unspecified atom stereocenters.